The Hall–Kier alpha value is -1.40. The number of nitrogens with one attached hydrogen (secondary N) is 1. The number of aromatic nitrogens is 2. The van der Waals surface area contributed by atoms with Crippen molar-refractivity contribution >= 4 is 5.91 Å². The molecule has 1 amide bonds. The van der Waals surface area contributed by atoms with Crippen LogP contribution in [0.3, 0.4) is 0 Å². The lowest BCUT2D eigenvalue weighted by atomic mass is 10.00. The summed E-state index contributed by atoms with van der Waals surface area (Å²) < 4.78 is 5.52. The predicted molar refractivity (Wildman–Crippen MR) is 74.1 cm³/mol. The third-order valence-electron chi connectivity index (χ3n) is 4.49. The first-order chi connectivity index (χ1) is 9.66. The average Bonchev–Trinajstić information content (AvgIpc) is 3.09. The van der Waals surface area contributed by atoms with Gasteiger partial charge in [0.25, 0.3) is 0 Å². The molecular formula is C14H22N4O2. The number of hydrogen-bond donors (Lipinski definition) is 1. The molecule has 0 spiro atoms. The van der Waals surface area contributed by atoms with Gasteiger partial charge in [0.2, 0.25) is 5.91 Å². The van der Waals surface area contributed by atoms with Crippen molar-refractivity contribution in [3.05, 3.63) is 18.2 Å². The normalized spacial score (nSPS) is 31.7. The first-order valence-electron chi connectivity index (χ1n) is 7.26. The van der Waals surface area contributed by atoms with Crippen LogP contribution in [0.1, 0.15) is 25.2 Å². The minimum Gasteiger partial charge on any atom is -0.378 e. The number of amides is 1. The summed E-state index contributed by atoms with van der Waals surface area (Å²) in [4.78, 5) is 24.3. The van der Waals surface area contributed by atoms with Crippen LogP contribution in [0.4, 0.5) is 0 Å². The number of carbonyl (C=O) groups excluding carboxylic acids is 1. The number of rotatable bonds is 2. The van der Waals surface area contributed by atoms with E-state index in [4.69, 9.17) is 4.74 Å². The molecule has 0 aromatic carbocycles. The Morgan fingerprint density at radius 1 is 1.50 bits per heavy atom. The van der Waals surface area contributed by atoms with Gasteiger partial charge >= 0.3 is 0 Å². The van der Waals surface area contributed by atoms with Crippen LogP contribution >= 0.6 is 0 Å². The van der Waals surface area contributed by atoms with Crippen molar-refractivity contribution in [2.45, 2.75) is 25.5 Å². The second-order valence-corrected chi connectivity index (χ2v) is 5.73. The van der Waals surface area contributed by atoms with Crippen LogP contribution < -0.4 is 0 Å². The highest BCUT2D eigenvalue weighted by atomic mass is 16.5. The second-order valence-electron chi connectivity index (χ2n) is 5.73. The third kappa shape index (κ3) is 2.45. The van der Waals surface area contributed by atoms with E-state index in [0.29, 0.717) is 13.2 Å². The standard InChI is InChI=1S/C14H22N4O2/c1-10-11(3-8-20-10)14(19)18-7-6-17(2)12(9-18)13-15-4-5-16-13/h4-5,10-12H,3,6-9H2,1-2H3,(H,15,16)/t10-,11-,12+/m0/s1. The summed E-state index contributed by atoms with van der Waals surface area (Å²) in [6.45, 7) is 5.06. The van der Waals surface area contributed by atoms with E-state index in [1.807, 2.05) is 18.0 Å². The highest BCUT2D eigenvalue weighted by Crippen LogP contribution is 2.27. The Labute approximate surface area is 119 Å². The molecule has 20 heavy (non-hydrogen) atoms. The van der Waals surface area contributed by atoms with E-state index in [9.17, 15) is 4.79 Å². The average molecular weight is 278 g/mol. The lowest BCUT2D eigenvalue weighted by Gasteiger charge is -2.39. The summed E-state index contributed by atoms with van der Waals surface area (Å²) in [7, 11) is 2.08. The van der Waals surface area contributed by atoms with Crippen LogP contribution in [0, 0.1) is 5.92 Å². The van der Waals surface area contributed by atoms with Crippen molar-refractivity contribution in [3.63, 3.8) is 0 Å². The highest BCUT2D eigenvalue weighted by molar-refractivity contribution is 5.79. The monoisotopic (exact) mass is 278 g/mol. The second kappa shape index (κ2) is 5.54. The lowest BCUT2D eigenvalue weighted by Crippen LogP contribution is -2.51. The first kappa shape index (κ1) is 13.6. The molecule has 0 unspecified atom stereocenters. The number of H-pyrrole nitrogens is 1. The van der Waals surface area contributed by atoms with E-state index in [2.05, 4.69) is 21.9 Å². The van der Waals surface area contributed by atoms with Crippen molar-refractivity contribution in [2.75, 3.05) is 33.3 Å². The summed E-state index contributed by atoms with van der Waals surface area (Å²) in [5, 5.41) is 0. The summed E-state index contributed by atoms with van der Waals surface area (Å²) in [6.07, 6.45) is 4.48. The number of imidazole rings is 1. The number of carbonyl (C=O) groups is 1. The molecule has 1 aromatic rings. The largest absolute Gasteiger partial charge is 0.378 e. The lowest BCUT2D eigenvalue weighted by molar-refractivity contribution is -0.139. The van der Waals surface area contributed by atoms with E-state index in [0.717, 1.165) is 25.3 Å². The minimum atomic E-state index is 0.0238. The van der Waals surface area contributed by atoms with E-state index in [-0.39, 0.29) is 24.0 Å². The van der Waals surface area contributed by atoms with Gasteiger partial charge < -0.3 is 14.6 Å². The maximum atomic E-state index is 12.6. The fraction of sp³-hybridized carbons (Fsp3) is 0.714. The molecule has 0 radical (unpaired) electrons. The summed E-state index contributed by atoms with van der Waals surface area (Å²) in [5.41, 5.74) is 0. The molecule has 110 valence electrons. The fourth-order valence-electron chi connectivity index (χ4n) is 3.12. The van der Waals surface area contributed by atoms with Gasteiger partial charge in [0, 0.05) is 38.6 Å². The Balaban J connectivity index is 1.70. The smallest absolute Gasteiger partial charge is 0.228 e. The van der Waals surface area contributed by atoms with Crippen molar-refractivity contribution in [3.8, 4) is 0 Å². The summed E-state index contributed by atoms with van der Waals surface area (Å²) in [6, 6.07) is 0.153. The molecule has 3 atom stereocenters. The van der Waals surface area contributed by atoms with Crippen molar-refractivity contribution in [1.29, 1.82) is 0 Å². The van der Waals surface area contributed by atoms with Crippen molar-refractivity contribution in [2.24, 2.45) is 5.92 Å². The van der Waals surface area contributed by atoms with Crippen LogP contribution in [0.5, 0.6) is 0 Å². The van der Waals surface area contributed by atoms with Gasteiger partial charge in [-0.2, -0.15) is 0 Å². The van der Waals surface area contributed by atoms with Crippen LogP contribution in [-0.2, 0) is 9.53 Å². The molecule has 3 heterocycles. The zero-order chi connectivity index (χ0) is 14.1. The Morgan fingerprint density at radius 3 is 3.00 bits per heavy atom. The van der Waals surface area contributed by atoms with Gasteiger partial charge in [-0.3, -0.25) is 9.69 Å². The van der Waals surface area contributed by atoms with E-state index in [1.165, 1.54) is 0 Å². The van der Waals surface area contributed by atoms with Crippen molar-refractivity contribution in [1.82, 2.24) is 19.8 Å². The van der Waals surface area contributed by atoms with Gasteiger partial charge in [0.1, 0.15) is 5.82 Å². The summed E-state index contributed by atoms with van der Waals surface area (Å²) in [5.74, 6) is 1.19. The SMILES string of the molecule is C[C@@H]1OCC[C@@H]1C(=O)N1CCN(C)[C@@H](c2ncc[nH]2)C1. The van der Waals surface area contributed by atoms with Gasteiger partial charge in [0.15, 0.2) is 0 Å². The number of hydrogen-bond acceptors (Lipinski definition) is 4. The topological polar surface area (TPSA) is 61.5 Å². The number of aromatic amines is 1. The number of ether oxygens (including phenoxy) is 1. The Morgan fingerprint density at radius 2 is 2.35 bits per heavy atom. The number of likely N-dealkylation sites (N-methyl/N-ethyl adjacent to an activating group) is 1. The first-order valence-corrected chi connectivity index (χ1v) is 7.26. The van der Waals surface area contributed by atoms with E-state index >= 15 is 0 Å². The quantitative estimate of drug-likeness (QED) is 0.863. The molecule has 6 heteroatoms. The molecule has 2 aliphatic rings. The molecule has 2 fully saturated rings. The van der Waals surface area contributed by atoms with Crippen molar-refractivity contribution < 1.29 is 9.53 Å². The van der Waals surface area contributed by atoms with Crippen LogP contribution in [0.2, 0.25) is 0 Å². The van der Waals surface area contributed by atoms with Gasteiger partial charge in [0.05, 0.1) is 18.1 Å². The molecule has 0 saturated carbocycles. The van der Waals surface area contributed by atoms with Crippen LogP contribution in [-0.4, -0.2) is 65.1 Å². The number of nitrogens with zero attached hydrogens (tertiary/aromatic N) is 3. The van der Waals surface area contributed by atoms with E-state index < -0.39 is 0 Å². The van der Waals surface area contributed by atoms with Crippen LogP contribution in [0.25, 0.3) is 0 Å². The number of piperazine rings is 1. The predicted octanol–water partition coefficient (Wildman–Crippen LogP) is 0.650. The van der Waals surface area contributed by atoms with Gasteiger partial charge in [-0.05, 0) is 20.4 Å². The highest BCUT2D eigenvalue weighted by Gasteiger charge is 2.37. The minimum absolute atomic E-state index is 0.0238. The molecule has 6 nitrogen and oxygen atoms in total. The van der Waals surface area contributed by atoms with Gasteiger partial charge in [-0.25, -0.2) is 4.98 Å². The van der Waals surface area contributed by atoms with Gasteiger partial charge in [-0.1, -0.05) is 0 Å². The zero-order valence-electron chi connectivity index (χ0n) is 12.1. The molecule has 1 N–H and O–H groups in total. The maximum absolute atomic E-state index is 12.6. The molecule has 3 rings (SSSR count). The fourth-order valence-corrected chi connectivity index (χ4v) is 3.12. The third-order valence-corrected chi connectivity index (χ3v) is 4.49. The molecule has 2 aliphatic heterocycles. The Kier molecular flexibility index (Phi) is 3.76. The van der Waals surface area contributed by atoms with E-state index in [1.54, 1.807) is 6.20 Å². The summed E-state index contributed by atoms with van der Waals surface area (Å²) >= 11 is 0. The molecular weight excluding hydrogens is 256 g/mol. The molecule has 0 aliphatic carbocycles. The zero-order valence-corrected chi connectivity index (χ0v) is 12.1. The molecule has 2 saturated heterocycles. The van der Waals surface area contributed by atoms with Gasteiger partial charge in [-0.15, -0.1) is 0 Å². The Bertz CT molecular complexity index is 462. The maximum Gasteiger partial charge on any atom is 0.228 e. The van der Waals surface area contributed by atoms with Crippen LogP contribution in [0.15, 0.2) is 12.4 Å². The molecule has 0 bridgehead atoms. The molecule has 1 aromatic heterocycles.